The monoisotopic (exact) mass is 251 g/mol. The van der Waals surface area contributed by atoms with Crippen LogP contribution < -0.4 is 5.32 Å². The van der Waals surface area contributed by atoms with Gasteiger partial charge in [0.2, 0.25) is 0 Å². The molecule has 0 fully saturated rings. The minimum atomic E-state index is -0.122. The Kier molecular flexibility index (Phi) is 5.80. The van der Waals surface area contributed by atoms with Gasteiger partial charge in [-0.05, 0) is 37.3 Å². The van der Waals surface area contributed by atoms with Gasteiger partial charge in [-0.1, -0.05) is 45.9 Å². The molecule has 0 aromatic heterocycles. The Hall–Kier alpha value is -0.890. The van der Waals surface area contributed by atoms with Gasteiger partial charge >= 0.3 is 0 Å². The fraction of sp³-hybridized carbons (Fsp3) is 0.625. The summed E-state index contributed by atoms with van der Waals surface area (Å²) in [5.74, 6) is 1.79. The van der Waals surface area contributed by atoms with Crippen LogP contribution >= 0.6 is 0 Å². The average Bonchev–Trinajstić information content (AvgIpc) is 2.28. The molecule has 2 heteroatoms. The molecular weight excluding hydrogens is 225 g/mol. The van der Waals surface area contributed by atoms with Gasteiger partial charge in [0.1, 0.15) is 5.82 Å². The maximum atomic E-state index is 13.6. The summed E-state index contributed by atoms with van der Waals surface area (Å²) in [5, 5.41) is 3.46. The average molecular weight is 251 g/mol. The third-order valence-corrected chi connectivity index (χ3v) is 3.74. The molecule has 0 saturated heterocycles. The molecule has 18 heavy (non-hydrogen) atoms. The molecule has 1 unspecified atom stereocenters. The van der Waals surface area contributed by atoms with Gasteiger partial charge in [-0.2, -0.15) is 0 Å². The Labute approximate surface area is 111 Å². The van der Waals surface area contributed by atoms with Crippen molar-refractivity contribution in [2.24, 2.45) is 17.8 Å². The molecule has 0 aliphatic heterocycles. The Balaban J connectivity index is 2.60. The summed E-state index contributed by atoms with van der Waals surface area (Å²) < 4.78 is 13.6. The number of halogens is 1. The van der Waals surface area contributed by atoms with Crippen LogP contribution in [-0.4, -0.2) is 6.54 Å². The highest BCUT2D eigenvalue weighted by molar-refractivity contribution is 5.20. The highest BCUT2D eigenvalue weighted by Crippen LogP contribution is 2.22. The normalized spacial score (nSPS) is 13.6. The van der Waals surface area contributed by atoms with Crippen LogP contribution in [0.1, 0.15) is 46.2 Å². The van der Waals surface area contributed by atoms with Crippen molar-refractivity contribution in [3.63, 3.8) is 0 Å². The van der Waals surface area contributed by atoms with Crippen molar-refractivity contribution in [2.45, 2.75) is 40.7 Å². The molecule has 1 aromatic rings. The van der Waals surface area contributed by atoms with Crippen molar-refractivity contribution in [1.29, 1.82) is 0 Å². The van der Waals surface area contributed by atoms with E-state index in [1.54, 1.807) is 6.07 Å². The summed E-state index contributed by atoms with van der Waals surface area (Å²) >= 11 is 0. The molecule has 0 amide bonds. The molecule has 0 saturated carbocycles. The summed E-state index contributed by atoms with van der Waals surface area (Å²) in [4.78, 5) is 0. The van der Waals surface area contributed by atoms with Crippen LogP contribution in [0, 0.1) is 23.6 Å². The van der Waals surface area contributed by atoms with E-state index >= 15 is 0 Å². The Bertz CT molecular complexity index is 352. The molecule has 0 aliphatic carbocycles. The third-order valence-electron chi connectivity index (χ3n) is 3.74. The van der Waals surface area contributed by atoms with Gasteiger partial charge in [0.25, 0.3) is 0 Å². The van der Waals surface area contributed by atoms with Crippen LogP contribution in [0.5, 0.6) is 0 Å². The minimum absolute atomic E-state index is 0.0613. The van der Waals surface area contributed by atoms with Gasteiger partial charge in [-0.15, -0.1) is 0 Å². The zero-order valence-corrected chi connectivity index (χ0v) is 12.2. The van der Waals surface area contributed by atoms with E-state index in [-0.39, 0.29) is 11.9 Å². The molecule has 1 nitrogen and oxygen atoms in total. The molecule has 0 spiro atoms. The van der Waals surface area contributed by atoms with Crippen molar-refractivity contribution >= 4 is 0 Å². The van der Waals surface area contributed by atoms with Gasteiger partial charge in [-0.25, -0.2) is 4.39 Å². The predicted molar refractivity (Wildman–Crippen MR) is 76.0 cm³/mol. The van der Waals surface area contributed by atoms with Gasteiger partial charge < -0.3 is 5.32 Å². The number of rotatable bonds is 6. The molecule has 1 aromatic carbocycles. The van der Waals surface area contributed by atoms with E-state index in [0.717, 1.165) is 12.1 Å². The first-order chi connectivity index (χ1) is 8.43. The highest BCUT2D eigenvalue weighted by Gasteiger charge is 2.19. The second kappa shape index (κ2) is 6.89. The first-order valence-corrected chi connectivity index (χ1v) is 6.91. The van der Waals surface area contributed by atoms with Crippen molar-refractivity contribution < 1.29 is 4.39 Å². The molecule has 1 N–H and O–H groups in total. The first kappa shape index (κ1) is 15.2. The van der Waals surface area contributed by atoms with E-state index < -0.39 is 0 Å². The number of hydrogen-bond donors (Lipinski definition) is 1. The van der Waals surface area contributed by atoms with E-state index in [4.69, 9.17) is 0 Å². The summed E-state index contributed by atoms with van der Waals surface area (Å²) in [5.41, 5.74) is 0.753. The van der Waals surface area contributed by atoms with Crippen molar-refractivity contribution in [3.8, 4) is 0 Å². The lowest BCUT2D eigenvalue weighted by Crippen LogP contribution is -2.31. The molecular formula is C16H26FN. The van der Waals surface area contributed by atoms with Gasteiger partial charge in [0, 0.05) is 11.6 Å². The predicted octanol–water partition coefficient (Wildman–Crippen LogP) is 4.40. The van der Waals surface area contributed by atoms with Crippen LogP contribution in [-0.2, 0) is 0 Å². The quantitative estimate of drug-likeness (QED) is 0.790. The number of nitrogens with one attached hydrogen (secondary N) is 1. The molecule has 1 atom stereocenters. The Morgan fingerprint density at radius 2 is 1.56 bits per heavy atom. The molecule has 0 aliphatic rings. The van der Waals surface area contributed by atoms with Gasteiger partial charge in [0.05, 0.1) is 0 Å². The van der Waals surface area contributed by atoms with E-state index in [0.29, 0.717) is 17.8 Å². The van der Waals surface area contributed by atoms with E-state index in [9.17, 15) is 4.39 Å². The topological polar surface area (TPSA) is 12.0 Å². The van der Waals surface area contributed by atoms with E-state index in [1.165, 1.54) is 6.07 Å². The number of hydrogen-bond acceptors (Lipinski definition) is 1. The van der Waals surface area contributed by atoms with E-state index in [2.05, 4.69) is 33.0 Å². The van der Waals surface area contributed by atoms with Crippen LogP contribution in [0.2, 0.25) is 0 Å². The zero-order valence-electron chi connectivity index (χ0n) is 12.2. The molecule has 1 rings (SSSR count). The van der Waals surface area contributed by atoms with Crippen LogP contribution in [0.3, 0.4) is 0 Å². The first-order valence-electron chi connectivity index (χ1n) is 6.91. The standard InChI is InChI=1S/C16H26FN/c1-11(2)15(12(3)4)10-18-13(5)14-8-6-7-9-16(14)17/h6-9,11-13,15,18H,10H2,1-5H3. The summed E-state index contributed by atoms with van der Waals surface area (Å²) in [6.45, 7) is 12.0. The smallest absolute Gasteiger partial charge is 0.127 e. The molecule has 0 bridgehead atoms. The Morgan fingerprint density at radius 3 is 2.06 bits per heavy atom. The summed E-state index contributed by atoms with van der Waals surface area (Å²) in [6.07, 6.45) is 0. The lowest BCUT2D eigenvalue weighted by Gasteiger charge is -2.27. The fourth-order valence-electron chi connectivity index (χ4n) is 2.49. The molecule has 0 radical (unpaired) electrons. The van der Waals surface area contributed by atoms with Crippen molar-refractivity contribution in [1.82, 2.24) is 5.32 Å². The maximum absolute atomic E-state index is 13.6. The fourth-order valence-corrected chi connectivity index (χ4v) is 2.49. The lowest BCUT2D eigenvalue weighted by molar-refractivity contribution is 0.267. The largest absolute Gasteiger partial charge is 0.310 e. The van der Waals surface area contributed by atoms with Gasteiger partial charge in [0.15, 0.2) is 0 Å². The molecule has 102 valence electrons. The highest BCUT2D eigenvalue weighted by atomic mass is 19.1. The van der Waals surface area contributed by atoms with Gasteiger partial charge in [-0.3, -0.25) is 0 Å². The van der Waals surface area contributed by atoms with E-state index in [1.807, 2.05) is 19.1 Å². The summed E-state index contributed by atoms with van der Waals surface area (Å²) in [7, 11) is 0. The maximum Gasteiger partial charge on any atom is 0.127 e. The van der Waals surface area contributed by atoms with Crippen LogP contribution in [0.15, 0.2) is 24.3 Å². The lowest BCUT2D eigenvalue weighted by atomic mass is 9.85. The minimum Gasteiger partial charge on any atom is -0.310 e. The van der Waals surface area contributed by atoms with Crippen LogP contribution in [0.25, 0.3) is 0 Å². The second-order valence-electron chi connectivity index (χ2n) is 5.80. The van der Waals surface area contributed by atoms with Crippen molar-refractivity contribution in [3.05, 3.63) is 35.6 Å². The van der Waals surface area contributed by atoms with Crippen LogP contribution in [0.4, 0.5) is 4.39 Å². The Morgan fingerprint density at radius 1 is 1.00 bits per heavy atom. The van der Waals surface area contributed by atoms with Crippen molar-refractivity contribution in [2.75, 3.05) is 6.54 Å². The zero-order chi connectivity index (χ0) is 13.7. The number of benzene rings is 1. The second-order valence-corrected chi connectivity index (χ2v) is 5.80. The summed E-state index contributed by atoms with van der Waals surface area (Å²) in [6, 6.07) is 7.06. The third kappa shape index (κ3) is 4.09. The SMILES string of the molecule is CC(NCC(C(C)C)C(C)C)c1ccccc1F. The molecule has 0 heterocycles.